The summed E-state index contributed by atoms with van der Waals surface area (Å²) in [7, 11) is 0. The second-order valence-corrected chi connectivity index (χ2v) is 7.23. The molecule has 1 aromatic rings. The molecule has 2 rings (SSSR count). The molecule has 0 spiro atoms. The van der Waals surface area contributed by atoms with E-state index in [2.05, 4.69) is 15.6 Å². The normalized spacial score (nSPS) is 16.9. The van der Waals surface area contributed by atoms with E-state index in [4.69, 9.17) is 0 Å². The lowest BCUT2D eigenvalue weighted by Gasteiger charge is -2.32. The predicted octanol–water partition coefficient (Wildman–Crippen LogP) is 3.15. The minimum absolute atomic E-state index is 0.263. The van der Waals surface area contributed by atoms with Gasteiger partial charge in [0.2, 0.25) is 0 Å². The first-order valence-electron chi connectivity index (χ1n) is 9.95. The van der Waals surface area contributed by atoms with Crippen LogP contribution >= 0.6 is 0 Å². The van der Waals surface area contributed by atoms with Crippen LogP contribution in [0.15, 0.2) is 29.3 Å². The monoisotopic (exact) mass is 400 g/mol. The van der Waals surface area contributed by atoms with Gasteiger partial charge in [-0.05, 0) is 69.3 Å². The molecular weight excluding hydrogens is 369 g/mol. The molecule has 1 fully saturated rings. The molecule has 5 nitrogen and oxygen atoms in total. The van der Waals surface area contributed by atoms with Crippen molar-refractivity contribution < 1.29 is 18.3 Å². The van der Waals surface area contributed by atoms with Crippen molar-refractivity contribution in [2.45, 2.75) is 38.8 Å². The molecule has 158 valence electrons. The minimum atomic E-state index is -4.11. The van der Waals surface area contributed by atoms with E-state index in [1.807, 2.05) is 19.1 Å². The number of hydrogen-bond acceptors (Lipinski definition) is 3. The average molecular weight is 400 g/mol. The van der Waals surface area contributed by atoms with Crippen LogP contribution in [0.2, 0.25) is 0 Å². The molecule has 1 saturated heterocycles. The quantitative estimate of drug-likeness (QED) is 0.464. The van der Waals surface area contributed by atoms with Crippen molar-refractivity contribution in [3.63, 3.8) is 0 Å². The fourth-order valence-electron chi connectivity index (χ4n) is 3.42. The number of aromatic hydroxyl groups is 1. The van der Waals surface area contributed by atoms with Gasteiger partial charge < -0.3 is 15.7 Å². The number of halogens is 3. The highest BCUT2D eigenvalue weighted by Gasteiger charge is 2.32. The van der Waals surface area contributed by atoms with Crippen LogP contribution in [0.1, 0.15) is 31.7 Å². The topological polar surface area (TPSA) is 59.9 Å². The van der Waals surface area contributed by atoms with Gasteiger partial charge in [-0.1, -0.05) is 12.1 Å². The van der Waals surface area contributed by atoms with Crippen molar-refractivity contribution in [1.82, 2.24) is 15.5 Å². The summed E-state index contributed by atoms with van der Waals surface area (Å²) in [4.78, 5) is 6.08. The van der Waals surface area contributed by atoms with Crippen molar-refractivity contribution in [2.24, 2.45) is 10.9 Å². The highest BCUT2D eigenvalue weighted by atomic mass is 19.4. The van der Waals surface area contributed by atoms with E-state index in [1.54, 1.807) is 12.1 Å². The van der Waals surface area contributed by atoms with Gasteiger partial charge in [0.25, 0.3) is 0 Å². The lowest BCUT2D eigenvalue weighted by molar-refractivity contribution is -0.148. The number of piperidine rings is 1. The van der Waals surface area contributed by atoms with E-state index < -0.39 is 12.7 Å². The van der Waals surface area contributed by atoms with Crippen LogP contribution in [0, 0.1) is 5.92 Å². The van der Waals surface area contributed by atoms with E-state index in [9.17, 15) is 18.3 Å². The number of phenols is 1. The predicted molar refractivity (Wildman–Crippen MR) is 106 cm³/mol. The Labute approximate surface area is 165 Å². The SMILES string of the molecule is CCNC(=NCCC1CCN(CC(F)(F)F)CC1)NCCc1cccc(O)c1. The highest BCUT2D eigenvalue weighted by molar-refractivity contribution is 5.79. The molecule has 0 amide bonds. The van der Waals surface area contributed by atoms with Gasteiger partial charge in [-0.3, -0.25) is 9.89 Å². The fraction of sp³-hybridized carbons (Fsp3) is 0.650. The molecule has 1 heterocycles. The summed E-state index contributed by atoms with van der Waals surface area (Å²) in [5.74, 6) is 1.44. The first kappa shape index (κ1) is 22.3. The zero-order chi connectivity index (χ0) is 20.4. The second-order valence-electron chi connectivity index (χ2n) is 7.23. The van der Waals surface area contributed by atoms with Crippen molar-refractivity contribution in [2.75, 3.05) is 39.3 Å². The van der Waals surface area contributed by atoms with Crippen molar-refractivity contribution >= 4 is 5.96 Å². The van der Waals surface area contributed by atoms with E-state index >= 15 is 0 Å². The van der Waals surface area contributed by atoms with Gasteiger partial charge in [-0.25, -0.2) is 0 Å². The Hall–Kier alpha value is -1.96. The largest absolute Gasteiger partial charge is 0.508 e. The Kier molecular flexibility index (Phi) is 8.89. The van der Waals surface area contributed by atoms with E-state index in [-0.39, 0.29) is 5.75 Å². The van der Waals surface area contributed by atoms with Crippen molar-refractivity contribution in [1.29, 1.82) is 0 Å². The van der Waals surface area contributed by atoms with Gasteiger partial charge in [0, 0.05) is 19.6 Å². The van der Waals surface area contributed by atoms with Crippen LogP contribution in [-0.4, -0.2) is 61.4 Å². The standard InChI is InChI=1S/C20H31F3N4O/c1-2-24-19(26-11-7-17-4-3-5-18(28)14-17)25-10-6-16-8-12-27(13-9-16)15-20(21,22)23/h3-5,14,16,28H,2,6-13,15H2,1H3,(H2,24,25,26). The number of aliphatic imine (C=N–C) groups is 1. The molecule has 28 heavy (non-hydrogen) atoms. The third-order valence-corrected chi connectivity index (χ3v) is 4.88. The number of rotatable bonds is 8. The first-order valence-corrected chi connectivity index (χ1v) is 9.95. The van der Waals surface area contributed by atoms with Gasteiger partial charge in [-0.15, -0.1) is 0 Å². The van der Waals surface area contributed by atoms with E-state index in [0.717, 1.165) is 43.8 Å². The molecule has 3 N–H and O–H groups in total. The Morgan fingerprint density at radius 3 is 2.64 bits per heavy atom. The van der Waals surface area contributed by atoms with Crippen molar-refractivity contribution in [3.05, 3.63) is 29.8 Å². The maximum Gasteiger partial charge on any atom is 0.401 e. The van der Waals surface area contributed by atoms with Crippen molar-refractivity contribution in [3.8, 4) is 5.75 Å². The van der Waals surface area contributed by atoms with E-state index in [0.29, 0.717) is 32.1 Å². The highest BCUT2D eigenvalue weighted by Crippen LogP contribution is 2.24. The summed E-state index contributed by atoms with van der Waals surface area (Å²) in [6.45, 7) is 4.34. The Balaban J connectivity index is 1.69. The van der Waals surface area contributed by atoms with Gasteiger partial charge in [-0.2, -0.15) is 13.2 Å². The fourth-order valence-corrected chi connectivity index (χ4v) is 3.42. The molecule has 0 saturated carbocycles. The van der Waals surface area contributed by atoms with Gasteiger partial charge in [0.1, 0.15) is 5.75 Å². The van der Waals surface area contributed by atoms with Gasteiger partial charge in [0.15, 0.2) is 5.96 Å². The summed E-state index contributed by atoms with van der Waals surface area (Å²) in [5.41, 5.74) is 1.05. The van der Waals surface area contributed by atoms with Crippen LogP contribution in [0.5, 0.6) is 5.75 Å². The smallest absolute Gasteiger partial charge is 0.401 e. The van der Waals surface area contributed by atoms with Crippen LogP contribution in [0.25, 0.3) is 0 Å². The number of nitrogens with one attached hydrogen (secondary N) is 2. The molecular formula is C20H31F3N4O. The number of phenolic OH excluding ortho intramolecular Hbond substituents is 1. The van der Waals surface area contributed by atoms with Crippen LogP contribution in [-0.2, 0) is 6.42 Å². The molecule has 0 atom stereocenters. The number of nitrogens with zero attached hydrogens (tertiary/aromatic N) is 2. The zero-order valence-electron chi connectivity index (χ0n) is 16.4. The van der Waals surface area contributed by atoms with Crippen LogP contribution in [0.4, 0.5) is 13.2 Å². The third kappa shape index (κ3) is 8.82. The molecule has 0 radical (unpaired) electrons. The molecule has 8 heteroatoms. The van der Waals surface area contributed by atoms with Crippen LogP contribution in [0.3, 0.4) is 0 Å². The summed E-state index contributed by atoms with van der Waals surface area (Å²) < 4.78 is 37.3. The number of benzene rings is 1. The Bertz CT molecular complexity index is 614. The molecule has 0 bridgehead atoms. The maximum atomic E-state index is 12.4. The Morgan fingerprint density at radius 2 is 2.00 bits per heavy atom. The maximum absolute atomic E-state index is 12.4. The zero-order valence-corrected chi connectivity index (χ0v) is 16.4. The Morgan fingerprint density at radius 1 is 1.25 bits per heavy atom. The molecule has 1 aliphatic rings. The molecule has 1 aromatic carbocycles. The van der Waals surface area contributed by atoms with Crippen LogP contribution < -0.4 is 10.6 Å². The molecule has 0 unspecified atom stereocenters. The first-order chi connectivity index (χ1) is 13.4. The summed E-state index contributed by atoms with van der Waals surface area (Å²) in [6.07, 6.45) is -0.846. The molecule has 1 aliphatic heterocycles. The number of likely N-dealkylation sites (tertiary alicyclic amines) is 1. The van der Waals surface area contributed by atoms with E-state index in [1.165, 1.54) is 4.90 Å². The minimum Gasteiger partial charge on any atom is -0.508 e. The lowest BCUT2D eigenvalue weighted by Crippen LogP contribution is -2.40. The van der Waals surface area contributed by atoms with Gasteiger partial charge >= 0.3 is 6.18 Å². The number of alkyl halides is 3. The lowest BCUT2D eigenvalue weighted by atomic mass is 9.93. The number of hydrogen-bond donors (Lipinski definition) is 3. The number of guanidine groups is 1. The molecule has 0 aromatic heterocycles. The third-order valence-electron chi connectivity index (χ3n) is 4.88. The molecule has 0 aliphatic carbocycles. The summed E-state index contributed by atoms with van der Waals surface area (Å²) in [5, 5.41) is 16.0. The van der Waals surface area contributed by atoms with Gasteiger partial charge in [0.05, 0.1) is 6.54 Å². The summed E-state index contributed by atoms with van der Waals surface area (Å²) in [6, 6.07) is 7.19. The average Bonchev–Trinajstić information content (AvgIpc) is 2.62. The second kappa shape index (κ2) is 11.1. The summed E-state index contributed by atoms with van der Waals surface area (Å²) >= 11 is 0.